The van der Waals surface area contributed by atoms with Crippen LogP contribution in [0.4, 0.5) is 0 Å². The number of carboxylic acid groups (broad SMARTS) is 1. The van der Waals surface area contributed by atoms with Gasteiger partial charge in [-0.3, -0.25) is 4.79 Å². The molecule has 1 heterocycles. The number of carbonyl (C=O) groups excluding carboxylic acids is 2. The second-order valence-corrected chi connectivity index (χ2v) is 9.32. The van der Waals surface area contributed by atoms with Crippen LogP contribution in [0.5, 0.6) is 17.2 Å². The molecule has 0 saturated carbocycles. The van der Waals surface area contributed by atoms with E-state index in [-0.39, 0.29) is 47.1 Å². The molecule has 0 aliphatic carbocycles. The first-order chi connectivity index (χ1) is 16.3. The van der Waals surface area contributed by atoms with Crippen LogP contribution in [0, 0.1) is 0 Å². The Balaban J connectivity index is 0.00000342. The fraction of sp³-hybridized carbons (Fsp3) is 0.200. The van der Waals surface area contributed by atoms with Crippen LogP contribution in [0.1, 0.15) is 33.8 Å². The van der Waals surface area contributed by atoms with Crippen molar-refractivity contribution in [2.75, 3.05) is 13.2 Å². The van der Waals surface area contributed by atoms with Crippen molar-refractivity contribution < 1.29 is 53.7 Å². The first kappa shape index (κ1) is 27.8. The Morgan fingerprint density at radius 3 is 2.46 bits per heavy atom. The van der Waals surface area contributed by atoms with Gasteiger partial charge in [0.2, 0.25) is 0 Å². The van der Waals surface area contributed by atoms with Gasteiger partial charge in [0.15, 0.2) is 5.75 Å². The zero-order valence-corrected chi connectivity index (χ0v) is 23.9. The fourth-order valence-electron chi connectivity index (χ4n) is 3.65. The molecule has 1 amide bonds. The number of halogens is 3. The number of carboxylic acids is 1. The Bertz CT molecular complexity index is 1220. The van der Waals surface area contributed by atoms with Crippen molar-refractivity contribution >= 4 is 51.0 Å². The molecule has 6 nitrogen and oxygen atoms in total. The van der Waals surface area contributed by atoms with E-state index >= 15 is 0 Å². The summed E-state index contributed by atoms with van der Waals surface area (Å²) >= 11 is 15.7. The summed E-state index contributed by atoms with van der Waals surface area (Å²) in [6.45, 7) is 0.733. The molecule has 1 aliphatic rings. The van der Waals surface area contributed by atoms with Gasteiger partial charge < -0.3 is 24.7 Å². The molecule has 0 saturated heterocycles. The first-order valence-corrected chi connectivity index (χ1v) is 12.0. The minimum Gasteiger partial charge on any atom is -0.549 e. The molecule has 1 unspecified atom stereocenters. The molecule has 3 aromatic carbocycles. The topological polar surface area (TPSA) is 87.7 Å². The summed E-state index contributed by atoms with van der Waals surface area (Å²) in [6, 6.07) is 15.6. The van der Waals surface area contributed by atoms with E-state index in [0.29, 0.717) is 57.3 Å². The number of hydrogen-bond donors (Lipinski definition) is 1. The minimum absolute atomic E-state index is 0. The summed E-state index contributed by atoms with van der Waals surface area (Å²) in [6.07, 6.45) is 0.997. The average Bonchev–Trinajstić information content (AvgIpc) is 2.83. The summed E-state index contributed by atoms with van der Waals surface area (Å²) in [7, 11) is 0. The maximum atomic E-state index is 12.4. The quantitative estimate of drug-likeness (QED) is 0.429. The maximum Gasteiger partial charge on any atom is 1.00 e. The molecule has 176 valence electrons. The molecule has 10 heteroatoms. The first-order valence-electron chi connectivity index (χ1n) is 10.5. The van der Waals surface area contributed by atoms with Crippen molar-refractivity contribution in [1.29, 1.82) is 0 Å². The molecule has 0 fully saturated rings. The van der Waals surface area contributed by atoms with Crippen molar-refractivity contribution in [3.05, 3.63) is 85.8 Å². The van der Waals surface area contributed by atoms with Gasteiger partial charge in [-0.15, -0.1) is 0 Å². The van der Waals surface area contributed by atoms with Gasteiger partial charge in [-0.2, -0.15) is 0 Å². The van der Waals surface area contributed by atoms with Crippen LogP contribution in [0.15, 0.2) is 59.1 Å². The van der Waals surface area contributed by atoms with Crippen LogP contribution in [0.25, 0.3) is 0 Å². The molecule has 0 spiro atoms. The predicted octanol–water partition coefficient (Wildman–Crippen LogP) is 2.14. The van der Waals surface area contributed by atoms with Crippen molar-refractivity contribution in [3.8, 4) is 17.2 Å². The van der Waals surface area contributed by atoms with Gasteiger partial charge in [0.1, 0.15) is 16.0 Å². The smallest absolute Gasteiger partial charge is 0.549 e. The number of amides is 1. The monoisotopic (exact) mass is 585 g/mol. The molecule has 0 bridgehead atoms. The van der Waals surface area contributed by atoms with Crippen LogP contribution in [0.3, 0.4) is 0 Å². The normalized spacial score (nSPS) is 14.2. The Hall–Kier alpha value is -1.74. The molecule has 1 aliphatic heterocycles. The van der Waals surface area contributed by atoms with E-state index < -0.39 is 11.9 Å². The van der Waals surface area contributed by atoms with Crippen molar-refractivity contribution in [2.45, 2.75) is 18.8 Å². The SMILES string of the molecule is O=C(NCCc1ccc(Cl)cc1)c1ccc(Oc2c(Cl)cc3c(c2Br)OCCC3C(=O)[O-])cc1.[Na+]. The summed E-state index contributed by atoms with van der Waals surface area (Å²) in [4.78, 5) is 23.9. The van der Waals surface area contributed by atoms with Gasteiger partial charge in [0.05, 0.1) is 11.6 Å². The summed E-state index contributed by atoms with van der Waals surface area (Å²) in [5.74, 6) is -1.06. The molecule has 1 N–H and O–H groups in total. The number of rotatable bonds is 7. The Morgan fingerprint density at radius 1 is 1.11 bits per heavy atom. The molecule has 3 aromatic rings. The van der Waals surface area contributed by atoms with E-state index in [9.17, 15) is 14.7 Å². The number of nitrogens with one attached hydrogen (secondary N) is 1. The van der Waals surface area contributed by atoms with Crippen LogP contribution in [-0.2, 0) is 11.2 Å². The zero-order valence-electron chi connectivity index (χ0n) is 18.8. The number of benzene rings is 3. The summed E-state index contributed by atoms with van der Waals surface area (Å²) in [5.41, 5.74) is 2.01. The van der Waals surface area contributed by atoms with E-state index in [1.54, 1.807) is 24.3 Å². The zero-order chi connectivity index (χ0) is 24.2. The van der Waals surface area contributed by atoms with Crippen molar-refractivity contribution in [3.63, 3.8) is 0 Å². The molecule has 1 atom stereocenters. The number of fused-ring (bicyclic) bond motifs is 1. The van der Waals surface area contributed by atoms with Crippen molar-refractivity contribution in [2.24, 2.45) is 0 Å². The predicted molar refractivity (Wildman–Crippen MR) is 131 cm³/mol. The van der Waals surface area contributed by atoms with Gasteiger partial charge in [-0.1, -0.05) is 35.3 Å². The Kier molecular flexibility index (Phi) is 9.93. The second kappa shape index (κ2) is 12.5. The third-order valence-electron chi connectivity index (χ3n) is 5.42. The van der Waals surface area contributed by atoms with Crippen LogP contribution in [-0.4, -0.2) is 25.0 Å². The molecule has 4 rings (SSSR count). The number of hydrogen-bond acceptors (Lipinski definition) is 5. The Labute approximate surface area is 243 Å². The standard InChI is InChI=1S/C25H20BrCl2NO5.Na/c26-21-22-19(18(25(31)32)10-12-33-22)13-20(28)23(21)34-17-7-3-15(4-8-17)24(30)29-11-9-14-1-5-16(27)6-2-14;/h1-8,13,18H,9-12H2,(H,29,30)(H,31,32);/q;+1/p-1. The van der Waals surface area contributed by atoms with Gasteiger partial charge in [0.25, 0.3) is 5.91 Å². The summed E-state index contributed by atoms with van der Waals surface area (Å²) < 4.78 is 12.0. The molecule has 0 aromatic heterocycles. The van der Waals surface area contributed by atoms with E-state index in [4.69, 9.17) is 32.7 Å². The molecule has 0 radical (unpaired) electrons. The van der Waals surface area contributed by atoms with E-state index in [0.717, 1.165) is 5.56 Å². The van der Waals surface area contributed by atoms with Crippen LogP contribution in [0.2, 0.25) is 10.0 Å². The van der Waals surface area contributed by atoms with Crippen LogP contribution < -0.4 is 49.5 Å². The minimum atomic E-state index is -1.18. The fourth-order valence-corrected chi connectivity index (χ4v) is 4.77. The number of aliphatic carboxylic acids is 1. The van der Waals surface area contributed by atoms with Gasteiger partial charge in [-0.25, -0.2) is 0 Å². The molecular formula is C25H19BrCl2NNaO5. The van der Waals surface area contributed by atoms with E-state index in [1.807, 2.05) is 24.3 Å². The number of carbonyl (C=O) groups is 2. The summed E-state index contributed by atoms with van der Waals surface area (Å²) in [5, 5.41) is 15.2. The molecular weight excluding hydrogens is 568 g/mol. The Morgan fingerprint density at radius 2 is 1.80 bits per heavy atom. The van der Waals surface area contributed by atoms with Crippen LogP contribution >= 0.6 is 39.1 Å². The van der Waals surface area contributed by atoms with Gasteiger partial charge in [0, 0.05) is 34.6 Å². The second-order valence-electron chi connectivity index (χ2n) is 7.69. The molecule has 35 heavy (non-hydrogen) atoms. The average molecular weight is 587 g/mol. The van der Waals surface area contributed by atoms with Gasteiger partial charge in [-0.05, 0) is 76.8 Å². The third kappa shape index (κ3) is 6.73. The van der Waals surface area contributed by atoms with E-state index in [1.165, 1.54) is 6.07 Å². The third-order valence-corrected chi connectivity index (χ3v) is 6.67. The van der Waals surface area contributed by atoms with E-state index in [2.05, 4.69) is 21.2 Å². The number of ether oxygens (including phenoxy) is 2. The largest absolute Gasteiger partial charge is 1.00 e. The maximum absolute atomic E-state index is 12.4. The van der Waals surface area contributed by atoms with Gasteiger partial charge >= 0.3 is 29.6 Å². The van der Waals surface area contributed by atoms with Crippen molar-refractivity contribution in [1.82, 2.24) is 5.32 Å².